The molecule has 0 atom stereocenters. The van der Waals surface area contributed by atoms with Crippen LogP contribution in [0.2, 0.25) is 0 Å². The number of hydrogen-bond acceptors (Lipinski definition) is 5. The molecule has 0 saturated carbocycles. The largest absolute Gasteiger partial charge is 0.365 e. The van der Waals surface area contributed by atoms with Crippen LogP contribution in [0.15, 0.2) is 54.7 Å². The third-order valence-electron chi connectivity index (χ3n) is 4.46. The molecule has 2 amide bonds. The van der Waals surface area contributed by atoms with E-state index in [1.807, 2.05) is 19.1 Å². The van der Waals surface area contributed by atoms with Gasteiger partial charge in [0.15, 0.2) is 0 Å². The van der Waals surface area contributed by atoms with Crippen LogP contribution in [-0.2, 0) is 4.84 Å². The number of carbonyl (C=O) groups is 3. The maximum absolute atomic E-state index is 12.7. The van der Waals surface area contributed by atoms with Gasteiger partial charge in [0.1, 0.15) is 5.82 Å². The van der Waals surface area contributed by atoms with Gasteiger partial charge in [0.2, 0.25) is 0 Å². The summed E-state index contributed by atoms with van der Waals surface area (Å²) >= 11 is 0. The fourth-order valence-corrected chi connectivity index (χ4v) is 3.19. The number of aryl methyl sites for hydroxylation is 1. The van der Waals surface area contributed by atoms with Crippen LogP contribution in [0, 0.1) is 13.8 Å². The molecule has 1 aliphatic heterocycles. The molecule has 0 N–H and O–H groups in total. The minimum absolute atomic E-state index is 0.217. The SMILES string of the molecule is Cc1cc(C(=O)ON2C(=O)c3ccccc3C2=O)c(C)n1-c1ccccn1. The highest BCUT2D eigenvalue weighted by atomic mass is 16.7. The van der Waals surface area contributed by atoms with Crippen LogP contribution in [0.25, 0.3) is 5.82 Å². The molecule has 7 heteroatoms. The van der Waals surface area contributed by atoms with Gasteiger partial charge in [-0.1, -0.05) is 23.3 Å². The lowest BCUT2D eigenvalue weighted by Crippen LogP contribution is -2.32. The summed E-state index contributed by atoms with van der Waals surface area (Å²) in [4.78, 5) is 46.8. The van der Waals surface area contributed by atoms with Gasteiger partial charge in [-0.2, -0.15) is 0 Å². The minimum Gasteiger partial charge on any atom is -0.324 e. The topological polar surface area (TPSA) is 81.5 Å². The molecule has 0 saturated heterocycles. The number of imide groups is 1. The van der Waals surface area contributed by atoms with E-state index in [1.54, 1.807) is 42.0 Å². The lowest BCUT2D eigenvalue weighted by Gasteiger charge is -2.13. The van der Waals surface area contributed by atoms with E-state index in [0.717, 1.165) is 5.69 Å². The Bertz CT molecular complexity index is 1050. The average Bonchev–Trinajstić information content (AvgIpc) is 3.11. The minimum atomic E-state index is -0.778. The Balaban J connectivity index is 1.64. The van der Waals surface area contributed by atoms with Crippen LogP contribution in [0.3, 0.4) is 0 Å². The zero-order valence-electron chi connectivity index (χ0n) is 14.7. The van der Waals surface area contributed by atoms with Crippen molar-refractivity contribution < 1.29 is 19.2 Å². The molecular formula is C20H15N3O4. The molecule has 0 radical (unpaired) electrons. The molecule has 0 spiro atoms. The van der Waals surface area contributed by atoms with Crippen molar-refractivity contribution in [3.05, 3.63) is 82.8 Å². The normalized spacial score (nSPS) is 13.0. The first-order valence-corrected chi connectivity index (χ1v) is 8.29. The molecular weight excluding hydrogens is 346 g/mol. The van der Waals surface area contributed by atoms with Crippen molar-refractivity contribution in [2.45, 2.75) is 13.8 Å². The van der Waals surface area contributed by atoms with Gasteiger partial charge in [0.25, 0.3) is 11.8 Å². The summed E-state index contributed by atoms with van der Waals surface area (Å²) in [7, 11) is 0. The maximum Gasteiger partial charge on any atom is 0.365 e. The van der Waals surface area contributed by atoms with Gasteiger partial charge >= 0.3 is 5.97 Å². The number of hydrogen-bond donors (Lipinski definition) is 0. The van der Waals surface area contributed by atoms with Gasteiger partial charge < -0.3 is 9.40 Å². The van der Waals surface area contributed by atoms with Crippen molar-refractivity contribution >= 4 is 17.8 Å². The molecule has 0 aliphatic carbocycles. The zero-order valence-corrected chi connectivity index (χ0v) is 14.7. The molecule has 1 aliphatic rings. The van der Waals surface area contributed by atoms with Crippen molar-refractivity contribution in [2.75, 3.05) is 0 Å². The van der Waals surface area contributed by atoms with Crippen LogP contribution in [0.1, 0.15) is 42.5 Å². The number of fused-ring (bicyclic) bond motifs is 1. The van der Waals surface area contributed by atoms with Crippen molar-refractivity contribution in [3.8, 4) is 5.82 Å². The lowest BCUT2D eigenvalue weighted by atomic mass is 10.1. The third-order valence-corrected chi connectivity index (χ3v) is 4.46. The van der Waals surface area contributed by atoms with E-state index in [0.29, 0.717) is 16.6 Å². The Morgan fingerprint density at radius 3 is 2.19 bits per heavy atom. The van der Waals surface area contributed by atoms with Crippen molar-refractivity contribution in [1.82, 2.24) is 14.6 Å². The predicted octanol–water partition coefficient (Wildman–Crippen LogP) is 2.86. The van der Waals surface area contributed by atoms with E-state index in [1.165, 1.54) is 12.1 Å². The number of pyridine rings is 1. The highest BCUT2D eigenvalue weighted by Crippen LogP contribution is 2.25. The molecule has 0 unspecified atom stereocenters. The van der Waals surface area contributed by atoms with E-state index < -0.39 is 17.8 Å². The van der Waals surface area contributed by atoms with Gasteiger partial charge in [0, 0.05) is 17.6 Å². The van der Waals surface area contributed by atoms with Crippen LogP contribution in [0.4, 0.5) is 0 Å². The zero-order chi connectivity index (χ0) is 19.1. The van der Waals surface area contributed by atoms with Crippen molar-refractivity contribution in [3.63, 3.8) is 0 Å². The molecule has 0 bridgehead atoms. The van der Waals surface area contributed by atoms with Crippen molar-refractivity contribution in [1.29, 1.82) is 0 Å². The van der Waals surface area contributed by atoms with E-state index in [9.17, 15) is 14.4 Å². The Hall–Kier alpha value is -3.74. The Labute approximate surface area is 154 Å². The van der Waals surface area contributed by atoms with Crippen molar-refractivity contribution in [2.24, 2.45) is 0 Å². The van der Waals surface area contributed by atoms with Crippen LogP contribution in [-0.4, -0.2) is 32.4 Å². The van der Waals surface area contributed by atoms with Crippen LogP contribution >= 0.6 is 0 Å². The fraction of sp³-hybridized carbons (Fsp3) is 0.100. The van der Waals surface area contributed by atoms with Gasteiger partial charge in [-0.05, 0) is 44.2 Å². The van der Waals surface area contributed by atoms with Gasteiger partial charge in [-0.15, -0.1) is 0 Å². The second-order valence-electron chi connectivity index (χ2n) is 6.14. The van der Waals surface area contributed by atoms with Gasteiger partial charge in [0.05, 0.1) is 16.7 Å². The summed E-state index contributed by atoms with van der Waals surface area (Å²) in [6, 6.07) is 13.5. The lowest BCUT2D eigenvalue weighted by molar-refractivity contribution is -0.0585. The molecule has 4 rings (SSSR count). The highest BCUT2D eigenvalue weighted by Gasteiger charge is 2.39. The second kappa shape index (κ2) is 6.21. The van der Waals surface area contributed by atoms with Crippen LogP contribution < -0.4 is 0 Å². The molecule has 7 nitrogen and oxygen atoms in total. The Kier molecular flexibility index (Phi) is 3.84. The highest BCUT2D eigenvalue weighted by molar-refractivity contribution is 6.21. The number of benzene rings is 1. The molecule has 27 heavy (non-hydrogen) atoms. The summed E-state index contributed by atoms with van der Waals surface area (Å²) in [6.45, 7) is 3.58. The predicted molar refractivity (Wildman–Crippen MR) is 95.4 cm³/mol. The van der Waals surface area contributed by atoms with E-state index >= 15 is 0 Å². The van der Waals surface area contributed by atoms with Crippen LogP contribution in [0.5, 0.6) is 0 Å². The van der Waals surface area contributed by atoms with E-state index in [-0.39, 0.29) is 16.7 Å². The summed E-state index contributed by atoms with van der Waals surface area (Å²) in [6.07, 6.45) is 1.66. The summed E-state index contributed by atoms with van der Waals surface area (Å²) in [5.74, 6) is -1.42. The maximum atomic E-state index is 12.7. The second-order valence-corrected chi connectivity index (χ2v) is 6.14. The van der Waals surface area contributed by atoms with Gasteiger partial charge in [-0.3, -0.25) is 9.59 Å². The number of amides is 2. The fourth-order valence-electron chi connectivity index (χ4n) is 3.19. The number of hydroxylamine groups is 2. The third kappa shape index (κ3) is 2.60. The van der Waals surface area contributed by atoms with E-state index in [2.05, 4.69) is 4.98 Å². The smallest absolute Gasteiger partial charge is 0.324 e. The summed E-state index contributed by atoms with van der Waals surface area (Å²) in [5.41, 5.74) is 2.08. The Morgan fingerprint density at radius 1 is 0.963 bits per heavy atom. The number of nitrogens with zero attached hydrogens (tertiary/aromatic N) is 3. The first kappa shape index (κ1) is 16.7. The molecule has 2 aromatic heterocycles. The first-order chi connectivity index (χ1) is 13.0. The quantitative estimate of drug-likeness (QED) is 0.670. The molecule has 3 heterocycles. The van der Waals surface area contributed by atoms with E-state index in [4.69, 9.17) is 4.84 Å². The molecule has 0 fully saturated rings. The number of rotatable bonds is 3. The monoisotopic (exact) mass is 361 g/mol. The average molecular weight is 361 g/mol. The summed E-state index contributed by atoms with van der Waals surface area (Å²) in [5, 5.41) is 0.514. The standard InChI is InChI=1S/C20H15N3O4/c1-12-11-16(13(2)22(12)17-9-5-6-10-21-17)20(26)27-23-18(24)14-7-3-4-8-15(14)19(23)25/h3-11H,1-2H3. The Morgan fingerprint density at radius 2 is 1.59 bits per heavy atom. The number of aromatic nitrogens is 2. The number of carbonyl (C=O) groups excluding carboxylic acids is 3. The molecule has 3 aromatic rings. The first-order valence-electron chi connectivity index (χ1n) is 8.29. The molecule has 134 valence electrons. The van der Waals surface area contributed by atoms with Gasteiger partial charge in [-0.25, -0.2) is 9.78 Å². The molecule has 1 aromatic carbocycles. The summed E-state index contributed by atoms with van der Waals surface area (Å²) < 4.78 is 1.80.